The van der Waals surface area contributed by atoms with Crippen LogP contribution in [0.5, 0.6) is 5.88 Å². The van der Waals surface area contributed by atoms with Crippen LogP contribution in [-0.4, -0.2) is 30.5 Å². The lowest BCUT2D eigenvalue weighted by atomic mass is 10.2. The fraction of sp³-hybridized carbons (Fsp3) is 0.211. The predicted molar refractivity (Wildman–Crippen MR) is 104 cm³/mol. The van der Waals surface area contributed by atoms with Crippen molar-refractivity contribution >= 4 is 23.5 Å². The first kappa shape index (κ1) is 17.1. The third-order valence-corrected chi connectivity index (χ3v) is 5.17. The molecule has 142 valence electrons. The quantitative estimate of drug-likeness (QED) is 0.480. The number of fused-ring (bicyclic) bond motifs is 1. The van der Waals surface area contributed by atoms with Crippen LogP contribution in [0, 0.1) is 5.82 Å². The van der Waals surface area contributed by atoms with E-state index in [-0.39, 0.29) is 11.9 Å². The van der Waals surface area contributed by atoms with Gasteiger partial charge < -0.3 is 4.74 Å². The Hall–Kier alpha value is -3.07. The van der Waals surface area contributed by atoms with Gasteiger partial charge in [-0.25, -0.2) is 8.79 Å². The molecule has 1 aliphatic carbocycles. The maximum absolute atomic E-state index is 13.9. The van der Waals surface area contributed by atoms with Crippen molar-refractivity contribution in [3.05, 3.63) is 66.2 Å². The summed E-state index contributed by atoms with van der Waals surface area (Å²) in [5, 5.41) is 12.7. The zero-order chi connectivity index (χ0) is 18.9. The number of hydrogen-bond donors (Lipinski definition) is 1. The van der Waals surface area contributed by atoms with Crippen LogP contribution in [0.15, 0.2) is 59.8 Å². The second-order valence-corrected chi connectivity index (χ2v) is 7.42. The molecule has 0 bridgehead atoms. The summed E-state index contributed by atoms with van der Waals surface area (Å²) in [6.45, 7) is 0.615. The van der Waals surface area contributed by atoms with Crippen molar-refractivity contribution in [3.63, 3.8) is 0 Å². The fourth-order valence-corrected chi connectivity index (χ4v) is 3.49. The first-order valence-corrected chi connectivity index (χ1v) is 9.77. The highest BCUT2D eigenvalue weighted by atomic mass is 32.2. The number of hydrogen-bond acceptors (Lipinski definition) is 6. The standard InChI is InChI=1S/C19H17FN6OS/c20-15-4-1-2-5-16(15)28-24-19-23-22-17-10-13(12-25-9-3-8-21-25)11-18(26(17)19)27-14-6-7-14/h1-5,8-11,14H,6-7,12H2,(H,23,24). The van der Waals surface area contributed by atoms with Gasteiger partial charge >= 0.3 is 0 Å². The molecule has 5 rings (SSSR count). The van der Waals surface area contributed by atoms with Gasteiger partial charge in [-0.05, 0) is 54.6 Å². The van der Waals surface area contributed by atoms with Gasteiger partial charge in [-0.2, -0.15) is 5.10 Å². The van der Waals surface area contributed by atoms with Gasteiger partial charge in [0.05, 0.1) is 11.4 Å². The summed E-state index contributed by atoms with van der Waals surface area (Å²) < 4.78 is 26.7. The lowest BCUT2D eigenvalue weighted by Crippen LogP contribution is -2.07. The third-order valence-electron chi connectivity index (χ3n) is 4.34. The molecule has 9 heteroatoms. The van der Waals surface area contributed by atoms with Crippen molar-refractivity contribution < 1.29 is 9.13 Å². The second kappa shape index (κ2) is 7.16. The molecule has 0 radical (unpaired) electrons. The maximum atomic E-state index is 13.9. The van der Waals surface area contributed by atoms with Gasteiger partial charge in [-0.1, -0.05) is 12.1 Å². The van der Waals surface area contributed by atoms with E-state index in [2.05, 4.69) is 20.0 Å². The fourth-order valence-electron chi connectivity index (χ4n) is 2.85. The van der Waals surface area contributed by atoms with Crippen LogP contribution in [-0.2, 0) is 6.54 Å². The Kier molecular flexibility index (Phi) is 4.36. The zero-order valence-electron chi connectivity index (χ0n) is 14.8. The Balaban J connectivity index is 1.47. The number of nitrogens with zero attached hydrogens (tertiary/aromatic N) is 5. The van der Waals surface area contributed by atoms with E-state index in [0.29, 0.717) is 28.9 Å². The molecule has 0 aliphatic heterocycles. The van der Waals surface area contributed by atoms with Gasteiger partial charge in [0.15, 0.2) is 5.65 Å². The highest BCUT2D eigenvalue weighted by Crippen LogP contribution is 2.31. The van der Waals surface area contributed by atoms with Crippen molar-refractivity contribution in [1.29, 1.82) is 0 Å². The van der Waals surface area contributed by atoms with Gasteiger partial charge in [0.25, 0.3) is 0 Å². The molecule has 4 aromatic rings. The van der Waals surface area contributed by atoms with E-state index < -0.39 is 0 Å². The highest BCUT2D eigenvalue weighted by molar-refractivity contribution is 8.00. The van der Waals surface area contributed by atoms with Crippen molar-refractivity contribution in [2.75, 3.05) is 4.72 Å². The summed E-state index contributed by atoms with van der Waals surface area (Å²) in [5.41, 5.74) is 1.68. The molecule has 1 saturated carbocycles. The SMILES string of the molecule is Fc1ccccc1SNc1nnc2cc(Cn3cccn3)cc(OC3CC3)n12. The van der Waals surface area contributed by atoms with E-state index in [1.165, 1.54) is 6.07 Å². The molecule has 0 saturated heterocycles. The molecular weight excluding hydrogens is 379 g/mol. The number of rotatable bonds is 7. The summed E-state index contributed by atoms with van der Waals surface area (Å²) in [6.07, 6.45) is 5.96. The van der Waals surface area contributed by atoms with E-state index in [9.17, 15) is 4.39 Å². The molecule has 1 fully saturated rings. The summed E-state index contributed by atoms with van der Waals surface area (Å²) >= 11 is 1.15. The normalized spacial score (nSPS) is 13.8. The summed E-state index contributed by atoms with van der Waals surface area (Å²) in [4.78, 5) is 0.485. The third kappa shape index (κ3) is 3.53. The Morgan fingerprint density at radius 2 is 2.07 bits per heavy atom. The van der Waals surface area contributed by atoms with E-state index in [0.717, 1.165) is 30.4 Å². The van der Waals surface area contributed by atoms with Gasteiger partial charge in [0.2, 0.25) is 11.8 Å². The minimum atomic E-state index is -0.287. The number of benzene rings is 1. The molecule has 1 aromatic carbocycles. The van der Waals surface area contributed by atoms with Gasteiger partial charge in [0.1, 0.15) is 11.9 Å². The molecule has 28 heavy (non-hydrogen) atoms. The largest absolute Gasteiger partial charge is 0.475 e. The van der Waals surface area contributed by atoms with Crippen molar-refractivity contribution in [3.8, 4) is 5.88 Å². The van der Waals surface area contributed by atoms with Crippen molar-refractivity contribution in [2.45, 2.75) is 30.4 Å². The first-order valence-electron chi connectivity index (χ1n) is 8.96. The summed E-state index contributed by atoms with van der Waals surface area (Å²) in [6, 6.07) is 12.4. The highest BCUT2D eigenvalue weighted by Gasteiger charge is 2.26. The van der Waals surface area contributed by atoms with E-state index in [4.69, 9.17) is 4.74 Å². The zero-order valence-corrected chi connectivity index (χ0v) is 15.6. The van der Waals surface area contributed by atoms with Gasteiger partial charge in [-0.15, -0.1) is 10.2 Å². The lowest BCUT2D eigenvalue weighted by Gasteiger charge is -2.12. The molecule has 0 spiro atoms. The average Bonchev–Trinajstić information content (AvgIpc) is 3.19. The second-order valence-electron chi connectivity index (χ2n) is 6.57. The predicted octanol–water partition coefficient (Wildman–Crippen LogP) is 3.77. The van der Waals surface area contributed by atoms with Crippen LogP contribution in [0.4, 0.5) is 10.3 Å². The number of ether oxygens (including phenoxy) is 1. The van der Waals surface area contributed by atoms with Crippen LogP contribution in [0.3, 0.4) is 0 Å². The number of nitrogens with one attached hydrogen (secondary N) is 1. The molecule has 1 aliphatic rings. The van der Waals surface area contributed by atoms with Gasteiger partial charge in [0, 0.05) is 18.5 Å². The van der Waals surface area contributed by atoms with Crippen LogP contribution in [0.2, 0.25) is 0 Å². The monoisotopic (exact) mass is 396 g/mol. The number of pyridine rings is 1. The average molecular weight is 396 g/mol. The molecule has 1 N–H and O–H groups in total. The van der Waals surface area contributed by atoms with Crippen LogP contribution >= 0.6 is 11.9 Å². The topological polar surface area (TPSA) is 69.3 Å². The molecule has 7 nitrogen and oxygen atoms in total. The van der Waals surface area contributed by atoms with Gasteiger partial charge in [-0.3, -0.25) is 9.40 Å². The molecule has 0 unspecified atom stereocenters. The van der Waals surface area contributed by atoms with Crippen LogP contribution in [0.25, 0.3) is 5.65 Å². The van der Waals surface area contributed by atoms with Crippen molar-refractivity contribution in [2.24, 2.45) is 0 Å². The molecule has 0 amide bonds. The number of anilines is 1. The van der Waals surface area contributed by atoms with Crippen LogP contribution in [0.1, 0.15) is 18.4 Å². The smallest absolute Gasteiger partial charge is 0.242 e. The Morgan fingerprint density at radius 3 is 2.86 bits per heavy atom. The molecule has 3 aromatic heterocycles. The maximum Gasteiger partial charge on any atom is 0.242 e. The van der Waals surface area contributed by atoms with E-state index in [1.807, 2.05) is 33.5 Å². The molecule has 0 atom stereocenters. The molecule has 3 heterocycles. The van der Waals surface area contributed by atoms with E-state index in [1.54, 1.807) is 24.4 Å². The van der Waals surface area contributed by atoms with Crippen LogP contribution < -0.4 is 9.46 Å². The van der Waals surface area contributed by atoms with Crippen molar-refractivity contribution in [1.82, 2.24) is 24.4 Å². The Labute approximate surface area is 164 Å². The number of aromatic nitrogens is 5. The van der Waals surface area contributed by atoms with E-state index >= 15 is 0 Å². The lowest BCUT2D eigenvalue weighted by molar-refractivity contribution is 0.287. The Morgan fingerprint density at radius 1 is 1.18 bits per heavy atom. The first-order chi connectivity index (χ1) is 13.8. The number of halogens is 1. The Bertz CT molecular complexity index is 1110. The minimum Gasteiger partial charge on any atom is -0.475 e. The summed E-state index contributed by atoms with van der Waals surface area (Å²) in [5.74, 6) is 0.873. The molecular formula is C19H17FN6OS. The summed E-state index contributed by atoms with van der Waals surface area (Å²) in [7, 11) is 0. The minimum absolute atomic E-state index is 0.220.